The number of benzene rings is 2. The molecule has 0 radical (unpaired) electrons. The van der Waals surface area contributed by atoms with Crippen LogP contribution in [-0.4, -0.2) is 15.7 Å². The molecule has 2 aromatic carbocycles. The summed E-state index contributed by atoms with van der Waals surface area (Å²) < 4.78 is 0. The van der Waals surface area contributed by atoms with Crippen molar-refractivity contribution in [3.05, 3.63) is 68.7 Å². The fraction of sp³-hybridized carbons (Fsp3) is 0.133. The molecule has 0 aliphatic carbocycles. The smallest absolute Gasteiger partial charge is 0.312 e. The second-order valence-electron chi connectivity index (χ2n) is 4.83. The van der Waals surface area contributed by atoms with E-state index in [1.54, 1.807) is 0 Å². The van der Waals surface area contributed by atoms with Crippen LogP contribution in [0.5, 0.6) is 5.75 Å². The Labute approximate surface area is 130 Å². The summed E-state index contributed by atoms with van der Waals surface area (Å²) in [5.41, 5.74) is 1.14. The van der Waals surface area contributed by atoms with Crippen LogP contribution in [0.25, 0.3) is 0 Å². The highest BCUT2D eigenvalue weighted by atomic mass is 35.5. The Morgan fingerprint density at radius 2 is 2.05 bits per heavy atom. The van der Waals surface area contributed by atoms with Gasteiger partial charge in [0.2, 0.25) is 5.75 Å². The monoisotopic (exact) mass is 318 g/mol. The maximum atomic E-state index is 10.9. The molecule has 112 valence electrons. The third-order valence-corrected chi connectivity index (χ3v) is 3.62. The molecule has 1 aliphatic heterocycles. The summed E-state index contributed by atoms with van der Waals surface area (Å²) >= 11 is 5.89. The molecule has 0 fully saturated rings. The Bertz CT molecular complexity index is 762. The highest BCUT2D eigenvalue weighted by Gasteiger charge is 2.28. The topological polar surface area (TPSA) is 85.0 Å². The number of nitro benzene ring substituents is 1. The third-order valence-electron chi connectivity index (χ3n) is 3.40. The van der Waals surface area contributed by atoms with Crippen molar-refractivity contribution < 1.29 is 14.9 Å². The van der Waals surface area contributed by atoms with Gasteiger partial charge in [-0.25, -0.2) is 0 Å². The van der Waals surface area contributed by atoms with Gasteiger partial charge < -0.3 is 9.94 Å². The normalized spacial score (nSPS) is 17.0. The predicted octanol–water partition coefficient (Wildman–Crippen LogP) is 3.82. The summed E-state index contributed by atoms with van der Waals surface area (Å²) in [5, 5.41) is 25.1. The van der Waals surface area contributed by atoms with Crippen LogP contribution in [0.1, 0.15) is 23.7 Å². The van der Waals surface area contributed by atoms with Crippen LogP contribution in [0.15, 0.2) is 47.6 Å². The highest BCUT2D eigenvalue weighted by molar-refractivity contribution is 6.31. The van der Waals surface area contributed by atoms with E-state index >= 15 is 0 Å². The average molecular weight is 319 g/mol. The fourth-order valence-electron chi connectivity index (χ4n) is 2.33. The molecule has 1 N–H and O–H groups in total. The van der Waals surface area contributed by atoms with Gasteiger partial charge >= 0.3 is 5.69 Å². The number of rotatable bonds is 3. The van der Waals surface area contributed by atoms with E-state index in [2.05, 4.69) is 5.16 Å². The quantitative estimate of drug-likeness (QED) is 0.688. The molecule has 0 amide bonds. The van der Waals surface area contributed by atoms with Gasteiger partial charge in [-0.3, -0.25) is 10.1 Å². The van der Waals surface area contributed by atoms with Gasteiger partial charge in [-0.15, -0.1) is 0 Å². The zero-order valence-corrected chi connectivity index (χ0v) is 12.0. The van der Waals surface area contributed by atoms with E-state index < -0.39 is 16.4 Å². The molecule has 0 aromatic heterocycles. The Balaban J connectivity index is 1.92. The van der Waals surface area contributed by atoms with E-state index in [-0.39, 0.29) is 16.7 Å². The number of phenolic OH excluding ortho intramolecular Hbond substituents is 1. The first kappa shape index (κ1) is 14.3. The van der Waals surface area contributed by atoms with Gasteiger partial charge in [-0.2, -0.15) is 0 Å². The van der Waals surface area contributed by atoms with Gasteiger partial charge in [-0.1, -0.05) is 47.1 Å². The zero-order chi connectivity index (χ0) is 15.7. The number of phenols is 1. The maximum Gasteiger partial charge on any atom is 0.312 e. The van der Waals surface area contributed by atoms with Crippen molar-refractivity contribution in [1.82, 2.24) is 0 Å². The lowest BCUT2D eigenvalue weighted by atomic mass is 9.99. The number of nitrogens with zero attached hydrogens (tertiary/aromatic N) is 2. The Morgan fingerprint density at radius 3 is 2.73 bits per heavy atom. The van der Waals surface area contributed by atoms with Crippen molar-refractivity contribution in [3.63, 3.8) is 0 Å². The lowest BCUT2D eigenvalue weighted by Crippen LogP contribution is -2.03. The van der Waals surface area contributed by atoms with Gasteiger partial charge in [0.25, 0.3) is 0 Å². The lowest BCUT2D eigenvalue weighted by molar-refractivity contribution is -0.385. The second-order valence-corrected chi connectivity index (χ2v) is 5.26. The van der Waals surface area contributed by atoms with Gasteiger partial charge in [0.05, 0.1) is 16.2 Å². The largest absolute Gasteiger partial charge is 0.502 e. The average Bonchev–Trinajstić information content (AvgIpc) is 2.99. The van der Waals surface area contributed by atoms with Crippen LogP contribution in [0.3, 0.4) is 0 Å². The Kier molecular flexibility index (Phi) is 3.68. The van der Waals surface area contributed by atoms with Crippen molar-refractivity contribution in [1.29, 1.82) is 0 Å². The molecule has 7 heteroatoms. The standard InChI is InChI=1S/C15H11ClN2O4/c16-10-6-11(15(19)13(7-10)18(20)21)12-8-14(22-17-12)9-4-2-1-3-5-9/h1-7,14,19H,8H2. The number of hydrogen-bond donors (Lipinski definition) is 1. The minimum Gasteiger partial charge on any atom is -0.502 e. The highest BCUT2D eigenvalue weighted by Crippen LogP contribution is 2.37. The molecule has 1 heterocycles. The number of aromatic hydroxyl groups is 1. The second kappa shape index (κ2) is 5.65. The number of hydrogen-bond acceptors (Lipinski definition) is 5. The summed E-state index contributed by atoms with van der Waals surface area (Å²) in [6.07, 6.45) is 0.114. The Morgan fingerprint density at radius 1 is 1.32 bits per heavy atom. The van der Waals surface area contributed by atoms with Crippen LogP contribution in [0, 0.1) is 10.1 Å². The molecular weight excluding hydrogens is 308 g/mol. The van der Waals surface area contributed by atoms with Crippen molar-refractivity contribution >= 4 is 23.0 Å². The van der Waals surface area contributed by atoms with Crippen LogP contribution < -0.4 is 0 Å². The SMILES string of the molecule is O=[N+]([O-])c1cc(Cl)cc(C2=NOC(c3ccccc3)C2)c1O. The third kappa shape index (κ3) is 2.60. The van der Waals surface area contributed by atoms with Crippen molar-refractivity contribution in [2.45, 2.75) is 12.5 Å². The minimum absolute atomic E-state index is 0.158. The lowest BCUT2D eigenvalue weighted by Gasteiger charge is -2.08. The molecule has 3 rings (SSSR count). The van der Waals surface area contributed by atoms with Gasteiger partial charge in [0.15, 0.2) is 6.10 Å². The number of halogens is 1. The van der Waals surface area contributed by atoms with E-state index in [4.69, 9.17) is 16.4 Å². The summed E-state index contributed by atoms with van der Waals surface area (Å²) in [5.74, 6) is -0.453. The van der Waals surface area contributed by atoms with Crippen molar-refractivity contribution in [2.24, 2.45) is 5.16 Å². The summed E-state index contributed by atoms with van der Waals surface area (Å²) in [6.45, 7) is 0. The first-order valence-electron chi connectivity index (χ1n) is 6.51. The molecule has 2 aromatic rings. The van der Waals surface area contributed by atoms with Gasteiger partial charge in [0, 0.05) is 17.5 Å². The van der Waals surface area contributed by atoms with E-state index in [0.717, 1.165) is 11.6 Å². The molecule has 0 spiro atoms. The first-order chi connectivity index (χ1) is 10.6. The van der Waals surface area contributed by atoms with E-state index in [1.807, 2.05) is 30.3 Å². The first-order valence-corrected chi connectivity index (χ1v) is 6.89. The predicted molar refractivity (Wildman–Crippen MR) is 81.2 cm³/mol. The van der Waals surface area contributed by atoms with Crippen molar-refractivity contribution in [3.8, 4) is 5.75 Å². The van der Waals surface area contributed by atoms with E-state index in [0.29, 0.717) is 12.1 Å². The molecule has 1 aliphatic rings. The molecule has 22 heavy (non-hydrogen) atoms. The summed E-state index contributed by atoms with van der Waals surface area (Å²) in [4.78, 5) is 15.6. The zero-order valence-electron chi connectivity index (χ0n) is 11.3. The molecule has 0 saturated carbocycles. The van der Waals surface area contributed by atoms with E-state index in [9.17, 15) is 15.2 Å². The van der Waals surface area contributed by atoms with Crippen LogP contribution in [0.4, 0.5) is 5.69 Å². The van der Waals surface area contributed by atoms with Crippen LogP contribution in [0.2, 0.25) is 5.02 Å². The van der Waals surface area contributed by atoms with Gasteiger partial charge in [-0.05, 0) is 11.6 Å². The molecule has 0 saturated heterocycles. The summed E-state index contributed by atoms with van der Waals surface area (Å²) in [7, 11) is 0. The minimum atomic E-state index is -0.685. The number of oxime groups is 1. The van der Waals surface area contributed by atoms with E-state index in [1.165, 1.54) is 6.07 Å². The molecular formula is C15H11ClN2O4. The molecule has 0 bridgehead atoms. The molecule has 6 nitrogen and oxygen atoms in total. The van der Waals surface area contributed by atoms with Gasteiger partial charge in [0.1, 0.15) is 0 Å². The fourth-order valence-corrected chi connectivity index (χ4v) is 2.54. The summed E-state index contributed by atoms with van der Waals surface area (Å²) in [6, 6.07) is 12.0. The Hall–Kier alpha value is -2.60. The maximum absolute atomic E-state index is 10.9. The molecule has 1 unspecified atom stereocenters. The van der Waals surface area contributed by atoms with Crippen LogP contribution >= 0.6 is 11.6 Å². The van der Waals surface area contributed by atoms with Crippen molar-refractivity contribution in [2.75, 3.05) is 0 Å². The number of nitro groups is 1. The molecule has 1 atom stereocenters. The van der Waals surface area contributed by atoms with Crippen LogP contribution in [-0.2, 0) is 4.84 Å².